The van der Waals surface area contributed by atoms with E-state index in [0.717, 1.165) is 40.9 Å². The second kappa shape index (κ2) is 9.99. The van der Waals surface area contributed by atoms with Gasteiger partial charge in [0.1, 0.15) is 17.4 Å². The molecule has 3 N–H and O–H groups in total. The molecule has 3 aromatic rings. The van der Waals surface area contributed by atoms with Crippen LogP contribution >= 0.6 is 11.8 Å². The number of rotatable bonds is 9. The number of benzene rings is 1. The van der Waals surface area contributed by atoms with Crippen molar-refractivity contribution in [2.75, 3.05) is 23.3 Å². The molecular formula is C26H35N7OS. The second-order valence-electron chi connectivity index (χ2n) is 10.6. The maximum atomic E-state index is 11.8. The molecule has 0 aliphatic carbocycles. The number of ketones is 1. The average Bonchev–Trinajstić information content (AvgIpc) is 3.16. The van der Waals surface area contributed by atoms with E-state index in [-0.39, 0.29) is 16.9 Å². The van der Waals surface area contributed by atoms with E-state index in [0.29, 0.717) is 23.8 Å². The third-order valence-corrected chi connectivity index (χ3v) is 6.54. The number of aryl methyl sites for hydroxylation is 1. The van der Waals surface area contributed by atoms with Gasteiger partial charge in [-0.3, -0.25) is 9.89 Å². The average molecular weight is 494 g/mol. The van der Waals surface area contributed by atoms with E-state index in [1.54, 1.807) is 0 Å². The molecule has 1 saturated heterocycles. The van der Waals surface area contributed by atoms with Crippen molar-refractivity contribution in [2.24, 2.45) is 0 Å². The SMILES string of the molecule is CCC(=O)Cc1ccc(Sc2nc(Nc3cc(C)[nH]n3)cc(N3CC(C)(NC(C)(C)C)C3)n2)cc1. The van der Waals surface area contributed by atoms with Crippen LogP contribution in [0, 0.1) is 6.92 Å². The van der Waals surface area contributed by atoms with Gasteiger partial charge < -0.3 is 15.5 Å². The summed E-state index contributed by atoms with van der Waals surface area (Å²) < 4.78 is 0. The van der Waals surface area contributed by atoms with Crippen molar-refractivity contribution >= 4 is 35.0 Å². The van der Waals surface area contributed by atoms with Gasteiger partial charge >= 0.3 is 0 Å². The molecule has 2 aromatic heterocycles. The first kappa shape index (κ1) is 25.2. The smallest absolute Gasteiger partial charge is 0.196 e. The highest BCUT2D eigenvalue weighted by Gasteiger charge is 2.41. The van der Waals surface area contributed by atoms with Crippen LogP contribution < -0.4 is 15.5 Å². The van der Waals surface area contributed by atoms with Crippen LogP contribution in [0.15, 0.2) is 46.5 Å². The summed E-state index contributed by atoms with van der Waals surface area (Å²) in [5.74, 6) is 2.55. The molecule has 9 heteroatoms. The van der Waals surface area contributed by atoms with Gasteiger partial charge in [-0.05, 0) is 64.1 Å². The highest BCUT2D eigenvalue weighted by Crippen LogP contribution is 2.33. The summed E-state index contributed by atoms with van der Waals surface area (Å²) in [5.41, 5.74) is 2.09. The minimum absolute atomic E-state index is 0.0369. The minimum Gasteiger partial charge on any atom is -0.353 e. The van der Waals surface area contributed by atoms with Crippen LogP contribution in [0.2, 0.25) is 0 Å². The molecule has 0 unspecified atom stereocenters. The highest BCUT2D eigenvalue weighted by molar-refractivity contribution is 7.99. The molecule has 0 atom stereocenters. The summed E-state index contributed by atoms with van der Waals surface area (Å²) in [5, 5.41) is 14.9. The molecule has 1 fully saturated rings. The molecule has 8 nitrogen and oxygen atoms in total. The number of hydrogen-bond donors (Lipinski definition) is 3. The molecule has 0 bridgehead atoms. The largest absolute Gasteiger partial charge is 0.353 e. The number of nitrogens with zero attached hydrogens (tertiary/aromatic N) is 4. The van der Waals surface area contributed by atoms with Crippen molar-refractivity contribution in [1.29, 1.82) is 0 Å². The maximum Gasteiger partial charge on any atom is 0.196 e. The Bertz CT molecular complexity index is 1180. The molecule has 0 radical (unpaired) electrons. The van der Waals surface area contributed by atoms with E-state index in [4.69, 9.17) is 9.97 Å². The molecule has 4 rings (SSSR count). The van der Waals surface area contributed by atoms with Gasteiger partial charge in [0.25, 0.3) is 0 Å². The fourth-order valence-corrected chi connectivity index (χ4v) is 5.14. The Labute approximate surface area is 211 Å². The van der Waals surface area contributed by atoms with Crippen LogP contribution in [0.25, 0.3) is 0 Å². The standard InChI is InChI=1S/C26H35N7OS/c1-7-19(34)13-18-8-10-20(11-9-18)35-24-28-21(27-22-12-17(2)30-31-22)14-23(29-24)33-15-26(6,16-33)32-25(3,4)5/h8-12,14,32H,7,13,15-16H2,1-6H3,(H2,27,28,29,30,31). The maximum absolute atomic E-state index is 11.8. The Morgan fingerprint density at radius 1 is 1.14 bits per heavy atom. The molecule has 186 valence electrons. The Morgan fingerprint density at radius 3 is 2.46 bits per heavy atom. The number of carbonyl (C=O) groups is 1. The van der Waals surface area contributed by atoms with Crippen molar-refractivity contribution in [2.45, 2.75) is 75.5 Å². The summed E-state index contributed by atoms with van der Waals surface area (Å²) in [7, 11) is 0. The molecular weight excluding hydrogens is 458 g/mol. The quantitative estimate of drug-likeness (QED) is 0.362. The number of carbonyl (C=O) groups excluding carboxylic acids is 1. The van der Waals surface area contributed by atoms with Crippen molar-refractivity contribution in [1.82, 2.24) is 25.5 Å². The van der Waals surface area contributed by atoms with Crippen LogP contribution in [-0.2, 0) is 11.2 Å². The van der Waals surface area contributed by atoms with Crippen molar-refractivity contribution in [3.8, 4) is 0 Å². The molecule has 3 heterocycles. The van der Waals surface area contributed by atoms with Gasteiger partial charge in [0, 0.05) is 54.2 Å². The van der Waals surface area contributed by atoms with Crippen LogP contribution in [0.4, 0.5) is 17.5 Å². The van der Waals surface area contributed by atoms with Crippen LogP contribution in [0.3, 0.4) is 0 Å². The molecule has 0 saturated carbocycles. The van der Waals surface area contributed by atoms with Gasteiger partial charge in [-0.2, -0.15) is 5.10 Å². The lowest BCUT2D eigenvalue weighted by Crippen LogP contribution is -2.71. The lowest BCUT2D eigenvalue weighted by atomic mass is 9.89. The van der Waals surface area contributed by atoms with E-state index in [2.05, 4.69) is 53.4 Å². The summed E-state index contributed by atoms with van der Waals surface area (Å²) in [6, 6.07) is 12.0. The number of H-pyrrole nitrogens is 1. The van der Waals surface area contributed by atoms with Gasteiger partial charge in [0.05, 0.1) is 5.54 Å². The monoisotopic (exact) mass is 493 g/mol. The second-order valence-corrected chi connectivity index (χ2v) is 11.6. The summed E-state index contributed by atoms with van der Waals surface area (Å²) in [6.07, 6.45) is 1.03. The number of aromatic nitrogens is 4. The van der Waals surface area contributed by atoms with Gasteiger partial charge in [0.2, 0.25) is 0 Å². The van der Waals surface area contributed by atoms with Gasteiger partial charge in [-0.25, -0.2) is 9.97 Å². The number of nitrogens with one attached hydrogen (secondary N) is 3. The fraction of sp³-hybridized carbons (Fsp3) is 0.462. The van der Waals surface area contributed by atoms with Crippen molar-refractivity contribution in [3.63, 3.8) is 0 Å². The van der Waals surface area contributed by atoms with E-state index in [1.807, 2.05) is 50.2 Å². The first-order valence-corrected chi connectivity index (χ1v) is 12.8. The zero-order valence-corrected chi connectivity index (χ0v) is 22.2. The lowest BCUT2D eigenvalue weighted by Gasteiger charge is -2.52. The summed E-state index contributed by atoms with van der Waals surface area (Å²) in [6.45, 7) is 14.4. The highest BCUT2D eigenvalue weighted by atomic mass is 32.2. The predicted molar refractivity (Wildman–Crippen MR) is 142 cm³/mol. The zero-order valence-electron chi connectivity index (χ0n) is 21.4. The van der Waals surface area contributed by atoms with E-state index in [9.17, 15) is 4.79 Å². The number of hydrogen-bond acceptors (Lipinski definition) is 8. The van der Waals surface area contributed by atoms with Gasteiger partial charge in [-0.15, -0.1) is 0 Å². The van der Waals surface area contributed by atoms with E-state index >= 15 is 0 Å². The first-order chi connectivity index (χ1) is 16.5. The van der Waals surface area contributed by atoms with Crippen LogP contribution in [0.1, 0.15) is 52.3 Å². The zero-order chi connectivity index (χ0) is 25.2. The molecule has 1 aromatic carbocycles. The topological polar surface area (TPSA) is 98.8 Å². The third-order valence-electron chi connectivity index (χ3n) is 5.66. The molecule has 0 spiro atoms. The molecule has 1 aliphatic heterocycles. The Kier molecular flexibility index (Phi) is 7.19. The Morgan fingerprint density at radius 2 is 1.86 bits per heavy atom. The van der Waals surface area contributed by atoms with Crippen LogP contribution in [-0.4, -0.2) is 50.1 Å². The van der Waals surface area contributed by atoms with Crippen molar-refractivity contribution in [3.05, 3.63) is 47.7 Å². The normalized spacial score (nSPS) is 15.1. The summed E-state index contributed by atoms with van der Waals surface area (Å²) >= 11 is 1.51. The summed E-state index contributed by atoms with van der Waals surface area (Å²) in [4.78, 5) is 24.7. The van der Waals surface area contributed by atoms with E-state index in [1.165, 1.54) is 11.8 Å². The van der Waals surface area contributed by atoms with Crippen molar-refractivity contribution < 1.29 is 4.79 Å². The number of Topliss-reactive ketones (excluding diaryl/α,β-unsaturated/α-hetero) is 1. The molecule has 35 heavy (non-hydrogen) atoms. The van der Waals surface area contributed by atoms with Gasteiger partial charge in [0.15, 0.2) is 11.0 Å². The lowest BCUT2D eigenvalue weighted by molar-refractivity contribution is -0.118. The van der Waals surface area contributed by atoms with Gasteiger partial charge in [-0.1, -0.05) is 19.1 Å². The Balaban J connectivity index is 1.54. The van der Waals surface area contributed by atoms with E-state index < -0.39 is 0 Å². The predicted octanol–water partition coefficient (Wildman–Crippen LogP) is 4.89. The Hall–Kier alpha value is -2.91. The molecule has 1 aliphatic rings. The number of anilines is 3. The molecule has 0 amide bonds. The number of aromatic amines is 1. The minimum atomic E-state index is 0.0369. The van der Waals surface area contributed by atoms with Crippen LogP contribution in [0.5, 0.6) is 0 Å². The first-order valence-electron chi connectivity index (χ1n) is 12.0. The third kappa shape index (κ3) is 6.82. The fourth-order valence-electron chi connectivity index (χ4n) is 4.37.